The molecule has 4 N–H and O–H groups in total. The first-order valence-corrected chi connectivity index (χ1v) is 9.03. The van der Waals surface area contributed by atoms with Crippen molar-refractivity contribution in [2.45, 2.75) is 18.4 Å². The molecule has 1 unspecified atom stereocenters. The minimum Gasteiger partial charge on any atom is -0.508 e. The first kappa shape index (κ1) is 20.1. The first-order chi connectivity index (χ1) is 13.4. The van der Waals surface area contributed by atoms with Gasteiger partial charge in [-0.2, -0.15) is 0 Å². The summed E-state index contributed by atoms with van der Waals surface area (Å²) in [5.41, 5.74) is 0.0564. The van der Waals surface area contributed by atoms with Crippen molar-refractivity contribution in [3.05, 3.63) is 52.8 Å². The zero-order valence-corrected chi connectivity index (χ0v) is 15.7. The fraction of sp³-hybridized carbons (Fsp3) is 0.316. The maximum atomic E-state index is 12.5. The molecule has 0 aliphatic carbocycles. The molecule has 1 aliphatic heterocycles. The van der Waals surface area contributed by atoms with E-state index in [1.54, 1.807) is 6.07 Å². The monoisotopic (exact) mass is 405 g/mol. The molecule has 1 aliphatic rings. The van der Waals surface area contributed by atoms with Gasteiger partial charge < -0.3 is 25.6 Å². The van der Waals surface area contributed by atoms with E-state index in [2.05, 4.69) is 15.6 Å². The van der Waals surface area contributed by atoms with Crippen LogP contribution in [-0.4, -0.2) is 52.4 Å². The quantitative estimate of drug-likeness (QED) is 0.578. The van der Waals surface area contributed by atoms with Crippen molar-refractivity contribution in [1.82, 2.24) is 10.3 Å². The Labute approximate surface area is 166 Å². The molecule has 2 amide bonds. The zero-order chi connectivity index (χ0) is 20.1. The molecule has 9 heteroatoms. The van der Waals surface area contributed by atoms with Crippen molar-refractivity contribution in [3.8, 4) is 5.75 Å². The van der Waals surface area contributed by atoms with Gasteiger partial charge in [0.1, 0.15) is 11.4 Å². The van der Waals surface area contributed by atoms with Crippen LogP contribution in [0.15, 0.2) is 36.5 Å². The minimum absolute atomic E-state index is 0.0255. The van der Waals surface area contributed by atoms with E-state index in [0.29, 0.717) is 29.3 Å². The standard InChI is InChI=1S/C19H20ClN3O5/c20-13-1-2-16(25)12(7-13)8-17(26)22-14-3-5-21-15(9-14)18(27)23-19(10-24)4-6-28-11-19/h1-3,5,7,9,24-25H,4,6,8,10-11H2,(H,23,27)(H,21,22,26). The maximum absolute atomic E-state index is 12.5. The average molecular weight is 406 g/mol. The van der Waals surface area contributed by atoms with Crippen molar-refractivity contribution >= 4 is 29.1 Å². The number of phenolic OH excluding ortho intramolecular Hbond substituents is 1. The Hall–Kier alpha value is -2.68. The Kier molecular flexibility index (Phi) is 6.13. The number of nitrogens with zero attached hydrogens (tertiary/aromatic N) is 1. The highest BCUT2D eigenvalue weighted by Gasteiger charge is 2.36. The minimum atomic E-state index is -0.817. The summed E-state index contributed by atoms with van der Waals surface area (Å²) in [6.45, 7) is 0.452. The molecule has 2 heterocycles. The van der Waals surface area contributed by atoms with Crippen LogP contribution in [0.4, 0.5) is 5.69 Å². The fourth-order valence-electron chi connectivity index (χ4n) is 2.88. The number of carbonyl (C=O) groups excluding carboxylic acids is 2. The lowest BCUT2D eigenvalue weighted by molar-refractivity contribution is -0.115. The van der Waals surface area contributed by atoms with Crippen molar-refractivity contribution in [2.75, 3.05) is 25.1 Å². The largest absolute Gasteiger partial charge is 0.508 e. The second-order valence-corrected chi connectivity index (χ2v) is 7.06. The summed E-state index contributed by atoms with van der Waals surface area (Å²) >= 11 is 5.89. The number of amides is 2. The molecule has 1 aromatic heterocycles. The molecule has 0 saturated carbocycles. The number of carbonyl (C=O) groups is 2. The maximum Gasteiger partial charge on any atom is 0.270 e. The summed E-state index contributed by atoms with van der Waals surface area (Å²) in [5.74, 6) is -0.878. The third-order valence-electron chi connectivity index (χ3n) is 4.45. The summed E-state index contributed by atoms with van der Waals surface area (Å²) in [6.07, 6.45) is 1.83. The van der Waals surface area contributed by atoms with Gasteiger partial charge in [-0.15, -0.1) is 0 Å². The van der Waals surface area contributed by atoms with Crippen LogP contribution >= 0.6 is 11.6 Å². The summed E-state index contributed by atoms with van der Waals surface area (Å²) in [6, 6.07) is 7.45. The summed E-state index contributed by atoms with van der Waals surface area (Å²) < 4.78 is 5.26. The number of anilines is 1. The molecule has 1 saturated heterocycles. The number of pyridine rings is 1. The molecular formula is C19H20ClN3O5. The van der Waals surface area contributed by atoms with Gasteiger partial charge in [0.25, 0.3) is 5.91 Å². The number of aromatic nitrogens is 1. The Morgan fingerprint density at radius 1 is 1.29 bits per heavy atom. The van der Waals surface area contributed by atoms with Crippen molar-refractivity contribution < 1.29 is 24.5 Å². The molecule has 0 spiro atoms. The van der Waals surface area contributed by atoms with E-state index in [1.807, 2.05) is 0 Å². The highest BCUT2D eigenvalue weighted by atomic mass is 35.5. The van der Waals surface area contributed by atoms with E-state index in [0.717, 1.165) is 0 Å². The summed E-state index contributed by atoms with van der Waals surface area (Å²) in [5, 5.41) is 25.2. The molecule has 0 radical (unpaired) electrons. The van der Waals surface area contributed by atoms with Crippen molar-refractivity contribution in [2.24, 2.45) is 0 Å². The van der Waals surface area contributed by atoms with Crippen LogP contribution < -0.4 is 10.6 Å². The van der Waals surface area contributed by atoms with Gasteiger partial charge in [0.15, 0.2) is 0 Å². The average Bonchev–Trinajstić information content (AvgIpc) is 3.14. The fourth-order valence-corrected chi connectivity index (χ4v) is 3.08. The summed E-state index contributed by atoms with van der Waals surface area (Å²) in [4.78, 5) is 28.8. The highest BCUT2D eigenvalue weighted by molar-refractivity contribution is 6.30. The van der Waals surface area contributed by atoms with Gasteiger partial charge in [0.05, 0.1) is 25.2 Å². The number of phenols is 1. The second-order valence-electron chi connectivity index (χ2n) is 6.62. The molecule has 28 heavy (non-hydrogen) atoms. The Bertz CT molecular complexity index is 884. The van der Waals surface area contributed by atoms with E-state index in [-0.39, 0.29) is 37.0 Å². The smallest absolute Gasteiger partial charge is 0.270 e. The molecule has 3 rings (SSSR count). The van der Waals surface area contributed by atoms with Crippen molar-refractivity contribution in [1.29, 1.82) is 0 Å². The molecule has 1 aromatic carbocycles. The molecule has 2 aromatic rings. The van der Waals surface area contributed by atoms with E-state index in [1.165, 1.54) is 30.5 Å². The predicted octanol–water partition coefficient (Wildman–Crippen LogP) is 1.50. The Balaban J connectivity index is 1.66. The highest BCUT2D eigenvalue weighted by Crippen LogP contribution is 2.22. The van der Waals surface area contributed by atoms with E-state index >= 15 is 0 Å². The molecule has 1 fully saturated rings. The third kappa shape index (κ3) is 4.78. The number of nitrogens with one attached hydrogen (secondary N) is 2. The van der Waals surface area contributed by atoms with E-state index in [4.69, 9.17) is 16.3 Å². The third-order valence-corrected chi connectivity index (χ3v) is 4.69. The van der Waals surface area contributed by atoms with Gasteiger partial charge in [0.2, 0.25) is 5.91 Å². The van der Waals surface area contributed by atoms with Crippen LogP contribution in [-0.2, 0) is 16.0 Å². The number of rotatable bonds is 6. The lowest BCUT2D eigenvalue weighted by Gasteiger charge is -2.26. The molecular weight excluding hydrogens is 386 g/mol. The van der Waals surface area contributed by atoms with Crippen LogP contribution in [0.1, 0.15) is 22.5 Å². The topological polar surface area (TPSA) is 121 Å². The zero-order valence-electron chi connectivity index (χ0n) is 14.9. The number of aliphatic hydroxyl groups excluding tert-OH is 1. The van der Waals surface area contributed by atoms with E-state index in [9.17, 15) is 19.8 Å². The number of hydrogen-bond acceptors (Lipinski definition) is 6. The van der Waals surface area contributed by atoms with Crippen LogP contribution in [0.25, 0.3) is 0 Å². The second kappa shape index (κ2) is 8.55. The van der Waals surface area contributed by atoms with Crippen LogP contribution in [0.2, 0.25) is 5.02 Å². The first-order valence-electron chi connectivity index (χ1n) is 8.65. The summed E-state index contributed by atoms with van der Waals surface area (Å²) in [7, 11) is 0. The lowest BCUT2D eigenvalue weighted by Crippen LogP contribution is -2.52. The van der Waals surface area contributed by atoms with E-state index < -0.39 is 11.4 Å². The van der Waals surface area contributed by atoms with Gasteiger partial charge >= 0.3 is 0 Å². The SMILES string of the molecule is O=C(Cc1cc(Cl)ccc1O)Nc1ccnc(C(=O)NC2(CO)CCOC2)c1. The lowest BCUT2D eigenvalue weighted by atomic mass is 10.00. The normalized spacial score (nSPS) is 18.6. The number of ether oxygens (including phenoxy) is 1. The molecule has 148 valence electrons. The van der Waals surface area contributed by atoms with Gasteiger partial charge in [0, 0.05) is 29.1 Å². The molecule has 1 atom stereocenters. The number of aromatic hydroxyl groups is 1. The van der Waals surface area contributed by atoms with Crippen LogP contribution in [0, 0.1) is 0 Å². The number of benzene rings is 1. The van der Waals surface area contributed by atoms with Crippen molar-refractivity contribution in [3.63, 3.8) is 0 Å². The predicted molar refractivity (Wildman–Crippen MR) is 102 cm³/mol. The van der Waals surface area contributed by atoms with Gasteiger partial charge in [-0.05, 0) is 36.8 Å². The Morgan fingerprint density at radius 2 is 2.11 bits per heavy atom. The number of halogens is 1. The molecule has 8 nitrogen and oxygen atoms in total. The van der Waals surface area contributed by atoms with Gasteiger partial charge in [-0.25, -0.2) is 0 Å². The number of hydrogen-bond donors (Lipinski definition) is 4. The van der Waals surface area contributed by atoms with Crippen LogP contribution in [0.3, 0.4) is 0 Å². The molecule has 0 bridgehead atoms. The number of aliphatic hydroxyl groups is 1. The van der Waals surface area contributed by atoms with Gasteiger partial charge in [-0.3, -0.25) is 14.6 Å². The Morgan fingerprint density at radius 3 is 2.82 bits per heavy atom. The van der Waals surface area contributed by atoms with Crippen LogP contribution in [0.5, 0.6) is 5.75 Å². The van der Waals surface area contributed by atoms with Gasteiger partial charge in [-0.1, -0.05) is 11.6 Å².